The van der Waals surface area contributed by atoms with Crippen LogP contribution < -0.4 is 5.32 Å². The molecule has 0 aliphatic carbocycles. The van der Waals surface area contributed by atoms with Gasteiger partial charge in [-0.15, -0.1) is 0 Å². The Morgan fingerprint density at radius 2 is 2.18 bits per heavy atom. The van der Waals surface area contributed by atoms with Gasteiger partial charge in [0.25, 0.3) is 5.91 Å². The van der Waals surface area contributed by atoms with Gasteiger partial charge < -0.3 is 10.4 Å². The molecule has 1 unspecified atom stereocenters. The van der Waals surface area contributed by atoms with Crippen LogP contribution in [0, 0.1) is 0 Å². The number of rotatable bonds is 6. The summed E-state index contributed by atoms with van der Waals surface area (Å²) in [5.41, 5.74) is 1.12. The van der Waals surface area contributed by atoms with Crippen molar-refractivity contribution < 1.29 is 9.90 Å². The Kier molecular flexibility index (Phi) is 5.89. The Labute approximate surface area is 137 Å². The van der Waals surface area contributed by atoms with Crippen LogP contribution in [0.25, 0.3) is 0 Å². The van der Waals surface area contributed by atoms with Gasteiger partial charge in [0.05, 0.1) is 0 Å². The first kappa shape index (κ1) is 17.3. The maximum atomic E-state index is 12.1. The van der Waals surface area contributed by atoms with Crippen LogP contribution in [0.4, 0.5) is 0 Å². The zero-order chi connectivity index (χ0) is 16.2. The summed E-state index contributed by atoms with van der Waals surface area (Å²) in [6, 6.07) is 8.74. The minimum Gasteiger partial charge on any atom is -0.379 e. The van der Waals surface area contributed by atoms with Crippen molar-refractivity contribution >= 4 is 17.7 Å². The van der Waals surface area contributed by atoms with Crippen LogP contribution in [-0.4, -0.2) is 46.1 Å². The Bertz CT molecular complexity index is 513. The fraction of sp³-hybridized carbons (Fsp3) is 0.588. The van der Waals surface area contributed by atoms with Crippen LogP contribution in [0.5, 0.6) is 0 Å². The summed E-state index contributed by atoms with van der Waals surface area (Å²) in [6.45, 7) is 5.69. The molecule has 22 heavy (non-hydrogen) atoms. The SMILES string of the molecule is CC(C)N(C)Cc1cccc(CNC(=O)C2(O)CCSC2)c1. The zero-order valence-electron chi connectivity index (χ0n) is 13.6. The van der Waals surface area contributed by atoms with E-state index in [1.54, 1.807) is 11.8 Å². The number of carbonyl (C=O) groups excluding carboxylic acids is 1. The van der Waals surface area contributed by atoms with Crippen molar-refractivity contribution in [2.45, 2.75) is 45.0 Å². The van der Waals surface area contributed by atoms with Crippen LogP contribution in [-0.2, 0) is 17.9 Å². The van der Waals surface area contributed by atoms with Crippen molar-refractivity contribution in [1.82, 2.24) is 10.2 Å². The summed E-state index contributed by atoms with van der Waals surface area (Å²) in [5, 5.41) is 13.1. The van der Waals surface area contributed by atoms with Crippen molar-refractivity contribution in [3.05, 3.63) is 35.4 Å². The summed E-state index contributed by atoms with van der Waals surface area (Å²) in [5.74, 6) is 1.10. The average Bonchev–Trinajstić information content (AvgIpc) is 2.93. The monoisotopic (exact) mass is 322 g/mol. The molecular formula is C17H26N2O2S. The molecule has 1 aliphatic rings. The molecule has 0 spiro atoms. The van der Waals surface area contributed by atoms with E-state index in [4.69, 9.17) is 0 Å². The summed E-state index contributed by atoms with van der Waals surface area (Å²) in [7, 11) is 2.10. The van der Waals surface area contributed by atoms with E-state index >= 15 is 0 Å². The fourth-order valence-electron chi connectivity index (χ4n) is 2.39. The second-order valence-corrected chi connectivity index (χ2v) is 7.45. The summed E-state index contributed by atoms with van der Waals surface area (Å²) in [6.07, 6.45) is 0.544. The van der Waals surface area contributed by atoms with Crippen molar-refractivity contribution in [3.8, 4) is 0 Å². The quantitative estimate of drug-likeness (QED) is 0.841. The standard InChI is InChI=1S/C17H26N2O2S/c1-13(2)19(3)11-15-6-4-5-14(9-15)10-18-16(20)17(21)7-8-22-12-17/h4-6,9,13,21H,7-8,10-12H2,1-3H3,(H,18,20). The number of nitrogens with one attached hydrogen (secondary N) is 1. The second kappa shape index (κ2) is 7.49. The molecule has 4 nitrogen and oxygen atoms in total. The van der Waals surface area contributed by atoms with Gasteiger partial charge in [-0.25, -0.2) is 0 Å². The first-order chi connectivity index (χ1) is 10.4. The lowest BCUT2D eigenvalue weighted by atomic mass is 10.0. The Hall–Kier alpha value is -1.04. The normalized spacial score (nSPS) is 21.5. The highest BCUT2D eigenvalue weighted by molar-refractivity contribution is 7.99. The summed E-state index contributed by atoms with van der Waals surface area (Å²) < 4.78 is 0. The van der Waals surface area contributed by atoms with E-state index in [0.29, 0.717) is 24.8 Å². The summed E-state index contributed by atoms with van der Waals surface area (Å²) >= 11 is 1.63. The zero-order valence-corrected chi connectivity index (χ0v) is 14.4. The molecule has 1 atom stereocenters. The van der Waals surface area contributed by atoms with Gasteiger partial charge in [0.15, 0.2) is 5.60 Å². The van der Waals surface area contributed by atoms with Gasteiger partial charge in [-0.05, 0) is 44.2 Å². The second-order valence-electron chi connectivity index (χ2n) is 6.35. The van der Waals surface area contributed by atoms with Crippen LogP contribution in [0.3, 0.4) is 0 Å². The molecule has 1 aromatic rings. The maximum Gasteiger partial charge on any atom is 0.253 e. The molecule has 1 amide bonds. The van der Waals surface area contributed by atoms with Crippen molar-refractivity contribution in [2.75, 3.05) is 18.6 Å². The molecule has 5 heteroatoms. The molecule has 1 fully saturated rings. The number of hydrogen-bond donors (Lipinski definition) is 2. The number of thioether (sulfide) groups is 1. The van der Waals surface area contributed by atoms with Gasteiger partial charge in [-0.3, -0.25) is 9.69 Å². The van der Waals surface area contributed by atoms with Gasteiger partial charge >= 0.3 is 0 Å². The Morgan fingerprint density at radius 3 is 2.82 bits per heavy atom. The molecule has 1 heterocycles. The van der Waals surface area contributed by atoms with Gasteiger partial charge in [0, 0.05) is 24.9 Å². The van der Waals surface area contributed by atoms with Gasteiger partial charge in [0.1, 0.15) is 0 Å². The molecule has 2 rings (SSSR count). The van der Waals surface area contributed by atoms with Crippen molar-refractivity contribution in [1.29, 1.82) is 0 Å². The first-order valence-electron chi connectivity index (χ1n) is 7.77. The minimum atomic E-state index is -1.18. The lowest BCUT2D eigenvalue weighted by Gasteiger charge is -2.22. The van der Waals surface area contributed by atoms with Crippen molar-refractivity contribution in [3.63, 3.8) is 0 Å². The van der Waals surface area contributed by atoms with E-state index in [1.165, 1.54) is 5.56 Å². The third-order valence-electron chi connectivity index (χ3n) is 4.18. The van der Waals surface area contributed by atoms with Crippen molar-refractivity contribution in [2.24, 2.45) is 0 Å². The van der Waals surface area contributed by atoms with E-state index in [1.807, 2.05) is 12.1 Å². The topological polar surface area (TPSA) is 52.6 Å². The molecule has 0 radical (unpaired) electrons. The molecule has 0 saturated carbocycles. The van der Waals surface area contributed by atoms with Gasteiger partial charge in [-0.2, -0.15) is 11.8 Å². The predicted octanol–water partition coefficient (Wildman–Crippen LogP) is 2.01. The van der Waals surface area contributed by atoms with Gasteiger partial charge in [0.2, 0.25) is 0 Å². The largest absolute Gasteiger partial charge is 0.379 e. The third kappa shape index (κ3) is 4.48. The van der Waals surface area contributed by atoms with E-state index in [9.17, 15) is 9.90 Å². The number of aliphatic hydroxyl groups is 1. The van der Waals surface area contributed by atoms with Crippen LogP contribution in [0.2, 0.25) is 0 Å². The molecule has 1 aromatic carbocycles. The molecule has 0 aromatic heterocycles. The van der Waals surface area contributed by atoms with E-state index in [2.05, 4.69) is 43.2 Å². The smallest absolute Gasteiger partial charge is 0.253 e. The fourth-order valence-corrected chi connectivity index (χ4v) is 3.63. The number of nitrogens with zero attached hydrogens (tertiary/aromatic N) is 1. The Balaban J connectivity index is 1.91. The third-order valence-corrected chi connectivity index (χ3v) is 5.36. The molecular weight excluding hydrogens is 296 g/mol. The number of hydrogen-bond acceptors (Lipinski definition) is 4. The first-order valence-corrected chi connectivity index (χ1v) is 8.93. The highest BCUT2D eigenvalue weighted by atomic mass is 32.2. The lowest BCUT2D eigenvalue weighted by Crippen LogP contribution is -2.46. The summed E-state index contributed by atoms with van der Waals surface area (Å²) in [4.78, 5) is 14.4. The van der Waals surface area contributed by atoms with Crippen LogP contribution in [0.15, 0.2) is 24.3 Å². The van der Waals surface area contributed by atoms with E-state index in [0.717, 1.165) is 17.9 Å². The molecule has 0 bridgehead atoms. The van der Waals surface area contributed by atoms with E-state index < -0.39 is 5.60 Å². The Morgan fingerprint density at radius 1 is 1.45 bits per heavy atom. The highest BCUT2D eigenvalue weighted by Crippen LogP contribution is 2.27. The molecule has 122 valence electrons. The lowest BCUT2D eigenvalue weighted by molar-refractivity contribution is -0.137. The molecule has 2 N–H and O–H groups in total. The molecule has 1 saturated heterocycles. The van der Waals surface area contributed by atoms with Crippen LogP contribution in [0.1, 0.15) is 31.4 Å². The number of amides is 1. The van der Waals surface area contributed by atoms with Gasteiger partial charge in [-0.1, -0.05) is 24.3 Å². The number of carbonyl (C=O) groups is 1. The van der Waals surface area contributed by atoms with E-state index in [-0.39, 0.29) is 5.91 Å². The predicted molar refractivity (Wildman–Crippen MR) is 91.8 cm³/mol. The number of benzene rings is 1. The molecule has 1 aliphatic heterocycles. The highest BCUT2D eigenvalue weighted by Gasteiger charge is 2.39. The minimum absolute atomic E-state index is 0.248. The maximum absolute atomic E-state index is 12.1. The average molecular weight is 322 g/mol. The van der Waals surface area contributed by atoms with Crippen LogP contribution >= 0.6 is 11.8 Å².